The van der Waals surface area contributed by atoms with Crippen molar-refractivity contribution in [2.45, 2.75) is 17.9 Å². The van der Waals surface area contributed by atoms with Crippen LogP contribution in [-0.4, -0.2) is 60.3 Å². The number of nitrogens with zero attached hydrogens (tertiary/aromatic N) is 2. The Hall–Kier alpha value is -1.52. The zero-order chi connectivity index (χ0) is 17.4. The second kappa shape index (κ2) is 6.54. The minimum atomic E-state index is -4.33. The molecule has 0 bridgehead atoms. The number of aliphatic carboxylic acids is 1. The maximum atomic E-state index is 14.0. The smallest absolute Gasteiger partial charge is 0.323 e. The normalized spacial score (nSPS) is 19.6. The molecule has 1 aromatic carbocycles. The Morgan fingerprint density at radius 3 is 2.52 bits per heavy atom. The Bertz CT molecular complexity index is 755. The molecule has 1 atom stereocenters. The van der Waals surface area contributed by atoms with Crippen molar-refractivity contribution < 1.29 is 27.5 Å². The van der Waals surface area contributed by atoms with Gasteiger partial charge in [-0.3, -0.25) is 9.59 Å². The molecule has 0 saturated carbocycles. The summed E-state index contributed by atoms with van der Waals surface area (Å²) in [5, 5.41) is 9.29. The van der Waals surface area contributed by atoms with Gasteiger partial charge in [0.15, 0.2) is 0 Å². The van der Waals surface area contributed by atoms with Crippen LogP contribution in [0.2, 0.25) is 0 Å². The lowest BCUT2D eigenvalue weighted by atomic mass is 10.2. The summed E-state index contributed by atoms with van der Waals surface area (Å²) >= 11 is 3.03. The topological polar surface area (TPSA) is 95.0 Å². The van der Waals surface area contributed by atoms with Crippen LogP contribution >= 0.6 is 15.9 Å². The van der Waals surface area contributed by atoms with Gasteiger partial charge in [-0.2, -0.15) is 4.31 Å². The van der Waals surface area contributed by atoms with Gasteiger partial charge in [0.1, 0.15) is 16.8 Å². The summed E-state index contributed by atoms with van der Waals surface area (Å²) in [4.78, 5) is 23.4. The summed E-state index contributed by atoms with van der Waals surface area (Å²) in [6.45, 7) is 0.838. The largest absolute Gasteiger partial charge is 0.480 e. The third-order valence-corrected chi connectivity index (χ3v) is 5.98. The molecule has 1 heterocycles. The molecule has 126 valence electrons. The van der Waals surface area contributed by atoms with E-state index in [9.17, 15) is 27.5 Å². The number of piperazine rings is 1. The highest BCUT2D eigenvalue weighted by Gasteiger charge is 2.41. The molecule has 0 aliphatic carbocycles. The van der Waals surface area contributed by atoms with Gasteiger partial charge in [-0.05, 0) is 18.2 Å². The van der Waals surface area contributed by atoms with E-state index in [0.29, 0.717) is 4.47 Å². The zero-order valence-electron chi connectivity index (χ0n) is 12.1. The minimum absolute atomic E-state index is 0.0521. The van der Waals surface area contributed by atoms with Crippen molar-refractivity contribution in [1.82, 2.24) is 9.21 Å². The number of hydrogen-bond acceptors (Lipinski definition) is 4. The summed E-state index contributed by atoms with van der Waals surface area (Å²) in [5.41, 5.74) is 0. The molecule has 1 fully saturated rings. The van der Waals surface area contributed by atoms with Crippen molar-refractivity contribution in [2.75, 3.05) is 19.6 Å². The molecule has 0 radical (unpaired) electrons. The first-order chi connectivity index (χ1) is 10.6. The fraction of sp³-hybridized carbons (Fsp3) is 0.385. The van der Waals surface area contributed by atoms with Crippen LogP contribution in [0.3, 0.4) is 0 Å². The first-order valence-electron chi connectivity index (χ1n) is 6.60. The van der Waals surface area contributed by atoms with Gasteiger partial charge < -0.3 is 10.0 Å². The Morgan fingerprint density at radius 2 is 2.00 bits per heavy atom. The predicted octanol–water partition coefficient (Wildman–Crippen LogP) is 0.894. The van der Waals surface area contributed by atoms with Crippen molar-refractivity contribution in [1.29, 1.82) is 0 Å². The molecule has 1 aromatic rings. The van der Waals surface area contributed by atoms with Crippen LogP contribution in [0.25, 0.3) is 0 Å². The number of carbonyl (C=O) groups is 2. The fourth-order valence-electron chi connectivity index (χ4n) is 2.35. The first kappa shape index (κ1) is 17.8. The minimum Gasteiger partial charge on any atom is -0.480 e. The van der Waals surface area contributed by atoms with Crippen molar-refractivity contribution in [3.8, 4) is 0 Å². The second-order valence-corrected chi connectivity index (χ2v) is 7.78. The van der Waals surface area contributed by atoms with E-state index in [4.69, 9.17) is 0 Å². The average Bonchev–Trinajstić information content (AvgIpc) is 2.45. The molecule has 1 saturated heterocycles. The number of sulfonamides is 1. The van der Waals surface area contributed by atoms with E-state index < -0.39 is 32.7 Å². The summed E-state index contributed by atoms with van der Waals surface area (Å²) in [7, 11) is -4.33. The van der Waals surface area contributed by atoms with Gasteiger partial charge in [-0.1, -0.05) is 15.9 Å². The third-order valence-electron chi connectivity index (χ3n) is 3.54. The highest BCUT2D eigenvalue weighted by atomic mass is 79.9. The Kier molecular flexibility index (Phi) is 5.07. The fourth-order valence-corrected chi connectivity index (χ4v) is 4.30. The number of halogens is 2. The van der Waals surface area contributed by atoms with Crippen LogP contribution in [-0.2, 0) is 19.6 Å². The van der Waals surface area contributed by atoms with Crippen LogP contribution in [0.15, 0.2) is 27.6 Å². The van der Waals surface area contributed by atoms with Crippen molar-refractivity contribution in [3.05, 3.63) is 28.5 Å². The van der Waals surface area contributed by atoms with E-state index >= 15 is 0 Å². The first-order valence-corrected chi connectivity index (χ1v) is 8.83. The molecule has 1 N–H and O–H groups in total. The van der Waals surface area contributed by atoms with E-state index in [-0.39, 0.29) is 25.5 Å². The van der Waals surface area contributed by atoms with Gasteiger partial charge in [-0.25, -0.2) is 12.8 Å². The van der Waals surface area contributed by atoms with E-state index in [1.165, 1.54) is 17.9 Å². The summed E-state index contributed by atoms with van der Waals surface area (Å²) < 4.78 is 40.3. The van der Waals surface area contributed by atoms with E-state index in [2.05, 4.69) is 15.9 Å². The molecule has 1 amide bonds. The van der Waals surface area contributed by atoms with Gasteiger partial charge in [0, 0.05) is 31.0 Å². The summed E-state index contributed by atoms with van der Waals surface area (Å²) in [6, 6.07) is 1.97. The van der Waals surface area contributed by atoms with E-state index in [1.807, 2.05) is 0 Å². The molecule has 7 nitrogen and oxygen atoms in total. The molecule has 23 heavy (non-hydrogen) atoms. The molecule has 0 unspecified atom stereocenters. The molecule has 10 heteroatoms. The van der Waals surface area contributed by atoms with Gasteiger partial charge in [0.25, 0.3) is 0 Å². The zero-order valence-corrected chi connectivity index (χ0v) is 14.5. The van der Waals surface area contributed by atoms with Crippen molar-refractivity contribution >= 4 is 37.8 Å². The van der Waals surface area contributed by atoms with Gasteiger partial charge >= 0.3 is 5.97 Å². The number of carboxylic acid groups (broad SMARTS) is 1. The van der Waals surface area contributed by atoms with Crippen LogP contribution in [0.5, 0.6) is 0 Å². The van der Waals surface area contributed by atoms with E-state index in [1.54, 1.807) is 0 Å². The highest BCUT2D eigenvalue weighted by molar-refractivity contribution is 9.10. The molecule has 1 aliphatic rings. The maximum Gasteiger partial charge on any atom is 0.323 e. The SMILES string of the molecule is CC(=O)N1CCN(S(=O)(=O)c2ccc(Br)cc2F)[C@@H](C(=O)O)C1. The highest BCUT2D eigenvalue weighted by Crippen LogP contribution is 2.26. The Balaban J connectivity index is 2.41. The van der Waals surface area contributed by atoms with Gasteiger partial charge in [-0.15, -0.1) is 0 Å². The average molecular weight is 409 g/mol. The number of rotatable bonds is 3. The molecular formula is C13H14BrFN2O5S. The predicted molar refractivity (Wildman–Crippen MR) is 81.7 cm³/mol. The molecule has 1 aliphatic heterocycles. The monoisotopic (exact) mass is 408 g/mol. The quantitative estimate of drug-likeness (QED) is 0.801. The van der Waals surface area contributed by atoms with Crippen LogP contribution in [0.1, 0.15) is 6.92 Å². The van der Waals surface area contributed by atoms with Crippen LogP contribution in [0, 0.1) is 5.82 Å². The second-order valence-electron chi connectivity index (χ2n) is 5.01. The van der Waals surface area contributed by atoms with Gasteiger partial charge in [0.2, 0.25) is 15.9 Å². The number of amides is 1. The van der Waals surface area contributed by atoms with Gasteiger partial charge in [0.05, 0.1) is 0 Å². The lowest BCUT2D eigenvalue weighted by molar-refractivity contribution is -0.145. The standard InChI is InChI=1S/C13H14BrFN2O5S/c1-8(18)16-4-5-17(11(7-16)13(19)20)23(21,22)12-3-2-9(14)6-10(12)15/h2-3,6,11H,4-5,7H2,1H3,(H,19,20)/t11-/m1/s1. The summed E-state index contributed by atoms with van der Waals surface area (Å²) in [6.07, 6.45) is 0. The number of benzene rings is 1. The lowest BCUT2D eigenvalue weighted by Crippen LogP contribution is -2.59. The van der Waals surface area contributed by atoms with Crippen molar-refractivity contribution in [2.24, 2.45) is 0 Å². The lowest BCUT2D eigenvalue weighted by Gasteiger charge is -2.38. The van der Waals surface area contributed by atoms with Crippen LogP contribution in [0.4, 0.5) is 4.39 Å². The molecule has 2 rings (SSSR count). The Morgan fingerprint density at radius 1 is 1.35 bits per heavy atom. The Labute approximate surface area is 140 Å². The molecule has 0 spiro atoms. The van der Waals surface area contributed by atoms with Crippen LogP contribution < -0.4 is 0 Å². The maximum absolute atomic E-state index is 14.0. The number of hydrogen-bond donors (Lipinski definition) is 1. The summed E-state index contributed by atoms with van der Waals surface area (Å²) in [5.74, 6) is -2.71. The third kappa shape index (κ3) is 3.54. The molecular weight excluding hydrogens is 395 g/mol. The number of carboxylic acids is 1. The molecule has 0 aromatic heterocycles. The number of carbonyl (C=O) groups excluding carboxylic acids is 1. The van der Waals surface area contributed by atoms with E-state index in [0.717, 1.165) is 16.4 Å². The van der Waals surface area contributed by atoms with Crippen molar-refractivity contribution in [3.63, 3.8) is 0 Å².